The second kappa shape index (κ2) is 11.6. The molecule has 1 saturated heterocycles. The van der Waals surface area contributed by atoms with Gasteiger partial charge in [-0.1, -0.05) is 18.6 Å². The highest BCUT2D eigenvalue weighted by Crippen LogP contribution is 2.31. The van der Waals surface area contributed by atoms with Crippen LogP contribution < -0.4 is 11.1 Å². The zero-order valence-electron chi connectivity index (χ0n) is 16.4. The summed E-state index contributed by atoms with van der Waals surface area (Å²) in [7, 11) is 2.08. The molecule has 1 heterocycles. The average Bonchev–Trinajstić information content (AvgIpc) is 3.15. The first-order valence-electron chi connectivity index (χ1n) is 9.63. The van der Waals surface area contributed by atoms with E-state index in [-0.39, 0.29) is 42.5 Å². The average molecular weight is 431 g/mol. The van der Waals surface area contributed by atoms with Crippen LogP contribution in [0.4, 0.5) is 0 Å². The molecule has 1 aromatic carbocycles. The van der Waals surface area contributed by atoms with E-state index in [1.165, 1.54) is 0 Å². The first kappa shape index (κ1) is 24.7. The number of rotatable bonds is 5. The standard InChI is InChI=1S/C20H30N4O2.2ClH/c1-23-9-11-24(12-10-23)20(26)16-7-5-15(6-8-16)14-22-19(25)18-4-2-3-17(18)13-21;;/h5-8,17-18H,2-4,9-14,21H2,1H3,(H,22,25);2*1H/t17-,18-;;/m1../s1. The van der Waals surface area contributed by atoms with Crippen LogP contribution in [0.5, 0.6) is 0 Å². The molecular weight excluding hydrogens is 399 g/mol. The highest BCUT2D eigenvalue weighted by atomic mass is 35.5. The molecule has 28 heavy (non-hydrogen) atoms. The number of nitrogens with zero attached hydrogens (tertiary/aromatic N) is 2. The van der Waals surface area contributed by atoms with Crippen LogP contribution in [-0.2, 0) is 11.3 Å². The van der Waals surface area contributed by atoms with Gasteiger partial charge in [0, 0.05) is 44.2 Å². The molecule has 0 aromatic heterocycles. The highest BCUT2D eigenvalue weighted by molar-refractivity contribution is 5.94. The van der Waals surface area contributed by atoms with Crippen LogP contribution >= 0.6 is 24.8 Å². The Morgan fingerprint density at radius 3 is 2.32 bits per heavy atom. The third-order valence-corrected chi connectivity index (χ3v) is 5.76. The Morgan fingerprint density at radius 1 is 1.07 bits per heavy atom. The molecule has 1 aliphatic carbocycles. The fraction of sp³-hybridized carbons (Fsp3) is 0.600. The lowest BCUT2D eigenvalue weighted by Gasteiger charge is -2.32. The number of carbonyl (C=O) groups is 2. The van der Waals surface area contributed by atoms with Crippen molar-refractivity contribution < 1.29 is 9.59 Å². The Hall–Kier alpha value is -1.34. The quantitative estimate of drug-likeness (QED) is 0.747. The molecule has 0 bridgehead atoms. The van der Waals surface area contributed by atoms with E-state index in [4.69, 9.17) is 5.73 Å². The molecule has 2 fully saturated rings. The SMILES string of the molecule is CN1CCN(C(=O)c2ccc(CNC(=O)[C@@H]3CCC[C@@H]3CN)cc2)CC1.Cl.Cl. The van der Waals surface area contributed by atoms with Gasteiger partial charge in [0.2, 0.25) is 5.91 Å². The second-order valence-corrected chi connectivity index (χ2v) is 7.54. The van der Waals surface area contributed by atoms with Crippen molar-refractivity contribution >= 4 is 36.6 Å². The molecule has 6 nitrogen and oxygen atoms in total. The molecule has 3 N–H and O–H groups in total. The van der Waals surface area contributed by atoms with Gasteiger partial charge in [-0.2, -0.15) is 0 Å². The van der Waals surface area contributed by atoms with Gasteiger partial charge in [0.1, 0.15) is 0 Å². The molecule has 0 spiro atoms. The molecule has 1 saturated carbocycles. The van der Waals surface area contributed by atoms with Gasteiger partial charge in [0.15, 0.2) is 0 Å². The number of halogens is 2. The van der Waals surface area contributed by atoms with Crippen LogP contribution in [0.2, 0.25) is 0 Å². The molecule has 0 radical (unpaired) electrons. The lowest BCUT2D eigenvalue weighted by Crippen LogP contribution is -2.47. The number of amides is 2. The minimum atomic E-state index is 0. The van der Waals surface area contributed by atoms with Gasteiger partial charge in [-0.3, -0.25) is 9.59 Å². The maximum absolute atomic E-state index is 12.6. The van der Waals surface area contributed by atoms with E-state index >= 15 is 0 Å². The maximum atomic E-state index is 12.6. The van der Waals surface area contributed by atoms with E-state index in [2.05, 4.69) is 17.3 Å². The highest BCUT2D eigenvalue weighted by Gasteiger charge is 2.31. The number of nitrogens with two attached hydrogens (primary N) is 1. The van der Waals surface area contributed by atoms with Crippen LogP contribution in [0.15, 0.2) is 24.3 Å². The molecule has 8 heteroatoms. The summed E-state index contributed by atoms with van der Waals surface area (Å²) in [5.74, 6) is 0.567. The normalized spacial score (nSPS) is 22.1. The number of hydrogen-bond donors (Lipinski definition) is 2. The van der Waals surface area contributed by atoms with Gasteiger partial charge in [0.25, 0.3) is 5.91 Å². The van der Waals surface area contributed by atoms with E-state index in [1.807, 2.05) is 29.2 Å². The van der Waals surface area contributed by atoms with Gasteiger partial charge in [0.05, 0.1) is 0 Å². The molecule has 1 aromatic rings. The largest absolute Gasteiger partial charge is 0.352 e. The maximum Gasteiger partial charge on any atom is 0.253 e. The second-order valence-electron chi connectivity index (χ2n) is 7.54. The number of piperazine rings is 1. The van der Waals surface area contributed by atoms with Crippen LogP contribution in [0.25, 0.3) is 0 Å². The Kier molecular flexibility index (Phi) is 10.2. The lowest BCUT2D eigenvalue weighted by atomic mass is 9.95. The van der Waals surface area contributed by atoms with E-state index in [9.17, 15) is 9.59 Å². The Morgan fingerprint density at radius 2 is 1.71 bits per heavy atom. The predicted molar refractivity (Wildman–Crippen MR) is 116 cm³/mol. The minimum absolute atomic E-state index is 0. The molecule has 158 valence electrons. The monoisotopic (exact) mass is 430 g/mol. The Balaban J connectivity index is 0.00000196. The summed E-state index contributed by atoms with van der Waals surface area (Å²) in [4.78, 5) is 29.1. The zero-order chi connectivity index (χ0) is 18.5. The zero-order valence-corrected chi connectivity index (χ0v) is 18.1. The van der Waals surface area contributed by atoms with Gasteiger partial charge in [-0.25, -0.2) is 0 Å². The smallest absolute Gasteiger partial charge is 0.253 e. The first-order chi connectivity index (χ1) is 12.6. The molecule has 3 rings (SSSR count). The number of likely N-dealkylation sites (N-methyl/N-ethyl adjacent to an activating group) is 1. The first-order valence-corrected chi connectivity index (χ1v) is 9.63. The van der Waals surface area contributed by atoms with Crippen molar-refractivity contribution in [2.24, 2.45) is 17.6 Å². The molecule has 2 atom stereocenters. The van der Waals surface area contributed by atoms with Crippen molar-refractivity contribution in [3.63, 3.8) is 0 Å². The summed E-state index contributed by atoms with van der Waals surface area (Å²) in [6, 6.07) is 7.58. The lowest BCUT2D eigenvalue weighted by molar-refractivity contribution is -0.126. The van der Waals surface area contributed by atoms with E-state index in [0.29, 0.717) is 24.6 Å². The summed E-state index contributed by atoms with van der Waals surface area (Å²) in [6.07, 6.45) is 3.08. The van der Waals surface area contributed by atoms with Crippen LogP contribution in [0, 0.1) is 11.8 Å². The third kappa shape index (κ3) is 6.08. The summed E-state index contributed by atoms with van der Waals surface area (Å²) in [5.41, 5.74) is 7.49. The van der Waals surface area contributed by atoms with Crippen molar-refractivity contribution in [3.05, 3.63) is 35.4 Å². The van der Waals surface area contributed by atoms with Gasteiger partial charge in [-0.05, 0) is 50.0 Å². The number of benzene rings is 1. The van der Waals surface area contributed by atoms with E-state index in [1.54, 1.807) is 0 Å². The van der Waals surface area contributed by atoms with Crippen molar-refractivity contribution in [2.75, 3.05) is 39.8 Å². The van der Waals surface area contributed by atoms with Crippen LogP contribution in [-0.4, -0.2) is 61.4 Å². The Bertz CT molecular complexity index is 634. The third-order valence-electron chi connectivity index (χ3n) is 5.76. The molecule has 1 aliphatic heterocycles. The van der Waals surface area contributed by atoms with Crippen molar-refractivity contribution in [1.82, 2.24) is 15.1 Å². The fourth-order valence-corrected chi connectivity index (χ4v) is 3.94. The van der Waals surface area contributed by atoms with Crippen molar-refractivity contribution in [1.29, 1.82) is 0 Å². The van der Waals surface area contributed by atoms with Crippen molar-refractivity contribution in [3.8, 4) is 0 Å². The molecular formula is C20H32Cl2N4O2. The van der Waals surface area contributed by atoms with Crippen molar-refractivity contribution in [2.45, 2.75) is 25.8 Å². The molecule has 0 unspecified atom stereocenters. The van der Waals surface area contributed by atoms with Gasteiger partial charge in [-0.15, -0.1) is 24.8 Å². The van der Waals surface area contributed by atoms with E-state index in [0.717, 1.165) is 51.0 Å². The number of nitrogens with one attached hydrogen (secondary N) is 1. The summed E-state index contributed by atoms with van der Waals surface area (Å²) >= 11 is 0. The summed E-state index contributed by atoms with van der Waals surface area (Å²) < 4.78 is 0. The summed E-state index contributed by atoms with van der Waals surface area (Å²) in [5, 5.41) is 3.03. The van der Waals surface area contributed by atoms with Crippen LogP contribution in [0.3, 0.4) is 0 Å². The molecule has 2 amide bonds. The number of hydrogen-bond acceptors (Lipinski definition) is 4. The Labute approximate surface area is 180 Å². The van der Waals surface area contributed by atoms with Gasteiger partial charge >= 0.3 is 0 Å². The predicted octanol–water partition coefficient (Wildman–Crippen LogP) is 1.91. The van der Waals surface area contributed by atoms with E-state index < -0.39 is 0 Å². The minimum Gasteiger partial charge on any atom is -0.352 e. The van der Waals surface area contributed by atoms with Gasteiger partial charge < -0.3 is 20.9 Å². The number of carbonyl (C=O) groups excluding carboxylic acids is 2. The molecule has 2 aliphatic rings. The fourth-order valence-electron chi connectivity index (χ4n) is 3.94. The summed E-state index contributed by atoms with van der Waals surface area (Å²) in [6.45, 7) is 4.46. The van der Waals surface area contributed by atoms with Crippen LogP contribution in [0.1, 0.15) is 35.2 Å². The topological polar surface area (TPSA) is 78.7 Å².